The number of hydrogen-bond donors (Lipinski definition) is 0. The van der Waals surface area contributed by atoms with E-state index >= 15 is 0 Å². The molecule has 0 aromatic heterocycles. The highest BCUT2D eigenvalue weighted by molar-refractivity contribution is 6.60. The van der Waals surface area contributed by atoms with Gasteiger partial charge in [-0.3, -0.25) is 14.6 Å². The third kappa shape index (κ3) is 6.07. The van der Waals surface area contributed by atoms with Gasteiger partial charge in [0.15, 0.2) is 29.7 Å². The van der Waals surface area contributed by atoms with E-state index in [2.05, 4.69) is 36.9 Å². The summed E-state index contributed by atoms with van der Waals surface area (Å²) in [5.74, 6) is 2.38. The van der Waals surface area contributed by atoms with Crippen molar-refractivity contribution in [3.63, 3.8) is 0 Å². The maximum Gasteiger partial charge on any atom is 0.257 e. The second-order valence-corrected chi connectivity index (χ2v) is 12.8. The minimum atomic E-state index is -0.0674. The number of carbonyl (C=O) groups is 2. The largest absolute Gasteiger partial charge is 0.493 e. The van der Waals surface area contributed by atoms with Crippen LogP contribution in [0.25, 0.3) is 0 Å². The molecule has 2 aromatic carbocycles. The van der Waals surface area contributed by atoms with Crippen molar-refractivity contribution >= 4 is 36.1 Å². The zero-order chi connectivity index (χ0) is 32.5. The summed E-state index contributed by atoms with van der Waals surface area (Å²) in [4.78, 5) is 37.3. The Balaban J connectivity index is 1.05. The van der Waals surface area contributed by atoms with Gasteiger partial charge < -0.3 is 33.6 Å². The highest BCUT2D eigenvalue weighted by Crippen LogP contribution is 2.40. The molecule has 2 saturated heterocycles. The van der Waals surface area contributed by atoms with Gasteiger partial charge >= 0.3 is 0 Å². The number of anilines is 1. The Hall–Kier alpha value is -4.41. The number of methoxy groups -OCH3 is 2. The fraction of sp³-hybridized carbons (Fsp3) is 0.457. The Kier molecular flexibility index (Phi) is 9.02. The number of hydrogen-bond acceptors (Lipinski definition) is 8. The maximum atomic E-state index is 13.5. The summed E-state index contributed by atoms with van der Waals surface area (Å²) >= 11 is 0. The maximum absolute atomic E-state index is 13.5. The van der Waals surface area contributed by atoms with Crippen molar-refractivity contribution in [1.82, 2.24) is 9.80 Å². The fourth-order valence-electron chi connectivity index (χ4n) is 7.04. The summed E-state index contributed by atoms with van der Waals surface area (Å²) in [6.45, 7) is 13.6. The van der Waals surface area contributed by atoms with Crippen LogP contribution in [0.4, 0.5) is 11.4 Å². The Morgan fingerprint density at radius 2 is 1.54 bits per heavy atom. The van der Waals surface area contributed by atoms with E-state index in [0.29, 0.717) is 79.4 Å². The first kappa shape index (κ1) is 31.6. The average Bonchev–Trinajstić information content (AvgIpc) is 3.23. The molecule has 0 spiro atoms. The SMILES string of the molecule is C=C1CB(C)[C@H]2CN(C1)C(=O)c1cc(OC)c(OCCCCCOc3cc4c(cc3OC)C(=O)N3CC(=C)CC3C=N4)cc1N2C. The summed E-state index contributed by atoms with van der Waals surface area (Å²) in [6.07, 6.45) is 5.97. The minimum absolute atomic E-state index is 0.000543. The summed E-state index contributed by atoms with van der Waals surface area (Å²) in [5, 5.41) is 0. The molecule has 2 fully saturated rings. The average molecular weight is 627 g/mol. The van der Waals surface area contributed by atoms with Crippen LogP contribution in [0.15, 0.2) is 53.6 Å². The van der Waals surface area contributed by atoms with Crippen LogP contribution in [0.2, 0.25) is 13.1 Å². The number of nitrogens with zero attached hydrogens (tertiary/aromatic N) is 4. The zero-order valence-corrected chi connectivity index (χ0v) is 27.3. The number of unbranched alkanes of at least 4 members (excludes halogenated alkanes) is 2. The standard InChI is InChI=1S/C35H43BN4O6/c1-22-12-24-18-37-27-15-31(29(43-5)13-25(27)35(42)40(24)20-22)45-10-8-7-9-11-46-32-16-28-26(14-30(32)44-6)34(41)39-19-23(2)17-36(3)33(21-39)38(28)4/h13-16,18,24,33H,1-2,7-12,17,19-21H2,3-6H3/t24?,33-/m1/s1. The predicted molar refractivity (Wildman–Crippen MR) is 181 cm³/mol. The van der Waals surface area contributed by atoms with E-state index < -0.39 is 0 Å². The van der Waals surface area contributed by atoms with Gasteiger partial charge in [-0.05, 0) is 44.1 Å². The van der Waals surface area contributed by atoms with Gasteiger partial charge in [0.05, 0.1) is 56.0 Å². The van der Waals surface area contributed by atoms with Gasteiger partial charge in [-0.15, -0.1) is 0 Å². The van der Waals surface area contributed by atoms with E-state index in [9.17, 15) is 9.59 Å². The van der Waals surface area contributed by atoms with Crippen molar-refractivity contribution in [3.05, 3.63) is 59.7 Å². The number of likely N-dealkylation sites (N-methyl/N-ethyl adjacent to an activating group) is 1. The second-order valence-electron chi connectivity index (χ2n) is 12.8. The molecular formula is C35H43BN4O6. The number of amides is 2. The first-order valence-electron chi connectivity index (χ1n) is 16.1. The van der Waals surface area contributed by atoms with Crippen LogP contribution in [0.3, 0.4) is 0 Å². The Morgan fingerprint density at radius 1 is 0.870 bits per heavy atom. The van der Waals surface area contributed by atoms with E-state index in [1.807, 2.05) is 23.2 Å². The molecule has 2 atom stereocenters. The van der Waals surface area contributed by atoms with Gasteiger partial charge in [0, 0.05) is 51.0 Å². The molecule has 4 aliphatic heterocycles. The van der Waals surface area contributed by atoms with Gasteiger partial charge in [-0.1, -0.05) is 31.1 Å². The van der Waals surface area contributed by atoms with Gasteiger partial charge in [0.25, 0.3) is 11.8 Å². The van der Waals surface area contributed by atoms with Crippen molar-refractivity contribution < 1.29 is 28.5 Å². The quantitative estimate of drug-likeness (QED) is 0.201. The molecule has 6 rings (SSSR count). The number of aliphatic imine (C=N–C) groups is 1. The monoisotopic (exact) mass is 626 g/mol. The normalized spacial score (nSPS) is 20.5. The second kappa shape index (κ2) is 13.1. The zero-order valence-electron chi connectivity index (χ0n) is 27.3. The summed E-state index contributed by atoms with van der Waals surface area (Å²) in [6, 6.07) is 7.22. The minimum Gasteiger partial charge on any atom is -0.493 e. The molecular weight excluding hydrogens is 583 g/mol. The van der Waals surface area contributed by atoms with Crippen molar-refractivity contribution in [1.29, 1.82) is 0 Å². The summed E-state index contributed by atoms with van der Waals surface area (Å²) < 4.78 is 23.5. The predicted octanol–water partition coefficient (Wildman–Crippen LogP) is 5.31. The van der Waals surface area contributed by atoms with Crippen LogP contribution in [0, 0.1) is 0 Å². The van der Waals surface area contributed by atoms with Crippen molar-refractivity contribution in [2.75, 3.05) is 59.0 Å². The van der Waals surface area contributed by atoms with Gasteiger partial charge in [-0.2, -0.15) is 0 Å². The van der Waals surface area contributed by atoms with Gasteiger partial charge in [-0.25, -0.2) is 0 Å². The van der Waals surface area contributed by atoms with Crippen molar-refractivity contribution in [2.45, 2.75) is 50.8 Å². The third-order valence-corrected chi connectivity index (χ3v) is 9.52. The van der Waals surface area contributed by atoms with E-state index in [1.165, 1.54) is 0 Å². The number of benzene rings is 2. The number of rotatable bonds is 10. The van der Waals surface area contributed by atoms with Crippen molar-refractivity contribution in [2.24, 2.45) is 4.99 Å². The van der Waals surface area contributed by atoms with Crippen LogP contribution in [-0.4, -0.2) is 101 Å². The number of fused-ring (bicyclic) bond motifs is 5. The van der Waals surface area contributed by atoms with E-state index in [-0.39, 0.29) is 23.8 Å². The van der Waals surface area contributed by atoms with Crippen molar-refractivity contribution in [3.8, 4) is 23.0 Å². The lowest BCUT2D eigenvalue weighted by atomic mass is 9.43. The van der Waals surface area contributed by atoms with Crippen LogP contribution in [-0.2, 0) is 0 Å². The third-order valence-electron chi connectivity index (χ3n) is 9.52. The molecule has 1 unspecified atom stereocenters. The first-order chi connectivity index (χ1) is 22.2. The molecule has 242 valence electrons. The van der Waals surface area contributed by atoms with Crippen LogP contribution in [0.5, 0.6) is 23.0 Å². The lowest BCUT2D eigenvalue weighted by Crippen LogP contribution is -2.47. The highest BCUT2D eigenvalue weighted by Gasteiger charge is 2.39. The molecule has 0 N–H and O–H groups in total. The molecule has 2 bridgehead atoms. The van der Waals surface area contributed by atoms with Crippen LogP contribution < -0.4 is 23.8 Å². The molecule has 10 nitrogen and oxygen atoms in total. The topological polar surface area (TPSA) is 93.1 Å². The molecule has 4 heterocycles. The molecule has 46 heavy (non-hydrogen) atoms. The lowest BCUT2D eigenvalue weighted by Gasteiger charge is -2.32. The molecule has 0 aliphatic carbocycles. The number of carbonyl (C=O) groups excluding carboxylic acids is 2. The van der Waals surface area contributed by atoms with Crippen LogP contribution >= 0.6 is 0 Å². The van der Waals surface area contributed by atoms with Gasteiger partial charge in [0.1, 0.15) is 0 Å². The fourth-order valence-corrected chi connectivity index (χ4v) is 7.04. The molecule has 11 heteroatoms. The molecule has 0 saturated carbocycles. The van der Waals surface area contributed by atoms with Gasteiger partial charge in [0.2, 0.25) is 0 Å². The van der Waals surface area contributed by atoms with E-state index in [4.69, 9.17) is 18.9 Å². The van der Waals surface area contributed by atoms with E-state index in [1.54, 1.807) is 31.3 Å². The Labute approximate surface area is 271 Å². The first-order valence-corrected chi connectivity index (χ1v) is 16.1. The Bertz CT molecular complexity index is 1590. The highest BCUT2D eigenvalue weighted by atomic mass is 16.5. The summed E-state index contributed by atoms with van der Waals surface area (Å²) in [7, 11) is 5.23. The van der Waals surface area contributed by atoms with E-state index in [0.717, 1.165) is 48.8 Å². The molecule has 4 aliphatic rings. The molecule has 2 aromatic rings. The smallest absolute Gasteiger partial charge is 0.257 e. The molecule has 2 amide bonds. The molecule has 0 radical (unpaired) electrons. The lowest BCUT2D eigenvalue weighted by molar-refractivity contribution is 0.0770. The van der Waals surface area contributed by atoms with Crippen LogP contribution in [0.1, 0.15) is 46.4 Å². The number of ether oxygens (including phenoxy) is 4. The Morgan fingerprint density at radius 3 is 2.24 bits per heavy atom. The summed E-state index contributed by atoms with van der Waals surface area (Å²) in [5.41, 5.74) is 4.72.